The van der Waals surface area contributed by atoms with Gasteiger partial charge >= 0.3 is 0 Å². The van der Waals surface area contributed by atoms with Gasteiger partial charge in [0.25, 0.3) is 5.91 Å². The molecule has 0 N–H and O–H groups in total. The van der Waals surface area contributed by atoms with Crippen LogP contribution < -0.4 is 14.2 Å². The summed E-state index contributed by atoms with van der Waals surface area (Å²) in [6, 6.07) is 12.1. The van der Waals surface area contributed by atoms with Gasteiger partial charge < -0.3 is 19.1 Å². The molecule has 0 bridgehead atoms. The van der Waals surface area contributed by atoms with Crippen molar-refractivity contribution in [2.45, 2.75) is 40.7 Å². The van der Waals surface area contributed by atoms with E-state index in [-0.39, 0.29) is 5.91 Å². The van der Waals surface area contributed by atoms with E-state index in [2.05, 4.69) is 36.1 Å². The predicted molar refractivity (Wildman–Crippen MR) is 127 cm³/mol. The summed E-state index contributed by atoms with van der Waals surface area (Å²) >= 11 is 0. The molecule has 0 aliphatic carbocycles. The number of aryl methyl sites for hydroxylation is 1. The van der Waals surface area contributed by atoms with E-state index in [1.165, 1.54) is 11.1 Å². The number of rotatable bonds is 9. The predicted octanol–water partition coefficient (Wildman–Crippen LogP) is 4.54. The lowest BCUT2D eigenvalue weighted by Gasteiger charge is -2.23. The van der Waals surface area contributed by atoms with Crippen LogP contribution in [0.4, 0.5) is 0 Å². The summed E-state index contributed by atoms with van der Waals surface area (Å²) in [4.78, 5) is 17.8. The number of nitrogens with zero attached hydrogens (tertiary/aromatic N) is 2. The molecule has 1 fully saturated rings. The highest BCUT2D eigenvalue weighted by Crippen LogP contribution is 2.39. The maximum atomic E-state index is 13.4. The molecule has 0 unspecified atom stereocenters. The number of hydrogen-bond donors (Lipinski definition) is 0. The number of hydrogen-bond acceptors (Lipinski definition) is 5. The first kappa shape index (κ1) is 23.9. The normalized spacial score (nSPS) is 14.7. The van der Waals surface area contributed by atoms with Crippen LogP contribution in [0.25, 0.3) is 0 Å². The first-order valence-electron chi connectivity index (χ1n) is 11.7. The third-order valence-electron chi connectivity index (χ3n) is 5.69. The smallest absolute Gasteiger partial charge is 0.254 e. The van der Waals surface area contributed by atoms with Gasteiger partial charge in [-0.25, -0.2) is 0 Å². The standard InChI is InChI=1S/C26H36N2O4/c1-5-30-23-17-22(18-24(31-6-2)25(23)32-7-3)26(29)28-14-10-13-27(15-16-28)19-21-12-9-8-11-20(21)4/h8-9,11-12,17-18H,5-7,10,13-16,19H2,1-4H3. The minimum absolute atomic E-state index is 0.00713. The lowest BCUT2D eigenvalue weighted by Crippen LogP contribution is -2.35. The van der Waals surface area contributed by atoms with Crippen LogP contribution in [0.3, 0.4) is 0 Å². The highest BCUT2D eigenvalue weighted by atomic mass is 16.5. The lowest BCUT2D eigenvalue weighted by molar-refractivity contribution is 0.0760. The molecular formula is C26H36N2O4. The summed E-state index contributed by atoms with van der Waals surface area (Å²) in [6.07, 6.45) is 0.950. The van der Waals surface area contributed by atoms with E-state index in [0.717, 1.165) is 32.6 Å². The molecule has 0 spiro atoms. The summed E-state index contributed by atoms with van der Waals surface area (Å²) in [5.41, 5.74) is 3.24. The van der Waals surface area contributed by atoms with Crippen LogP contribution in [0.5, 0.6) is 17.2 Å². The van der Waals surface area contributed by atoms with Crippen LogP contribution in [-0.2, 0) is 6.54 Å². The van der Waals surface area contributed by atoms with Crippen LogP contribution in [0.15, 0.2) is 36.4 Å². The Labute approximate surface area is 192 Å². The number of ether oxygens (including phenoxy) is 3. The van der Waals surface area contributed by atoms with Crippen molar-refractivity contribution in [2.75, 3.05) is 46.0 Å². The van der Waals surface area contributed by atoms with E-state index in [1.54, 1.807) is 12.1 Å². The Kier molecular flexibility index (Phi) is 8.80. The van der Waals surface area contributed by atoms with Crippen molar-refractivity contribution in [2.24, 2.45) is 0 Å². The second-order valence-corrected chi connectivity index (χ2v) is 7.95. The van der Waals surface area contributed by atoms with Crippen LogP contribution in [-0.4, -0.2) is 61.7 Å². The van der Waals surface area contributed by atoms with Gasteiger partial charge in [-0.1, -0.05) is 24.3 Å². The van der Waals surface area contributed by atoms with Crippen LogP contribution in [0.1, 0.15) is 48.7 Å². The first-order chi connectivity index (χ1) is 15.6. The molecule has 3 rings (SSSR count). The molecule has 1 aliphatic rings. The molecule has 2 aromatic carbocycles. The zero-order valence-corrected chi connectivity index (χ0v) is 19.9. The zero-order valence-electron chi connectivity index (χ0n) is 19.9. The Bertz CT molecular complexity index is 872. The highest BCUT2D eigenvalue weighted by molar-refractivity contribution is 5.95. The summed E-state index contributed by atoms with van der Waals surface area (Å²) in [6.45, 7) is 13.6. The van der Waals surface area contributed by atoms with Gasteiger partial charge in [-0.15, -0.1) is 0 Å². The van der Waals surface area contributed by atoms with Gasteiger partial charge in [-0.05, 0) is 57.4 Å². The number of carbonyl (C=O) groups is 1. The summed E-state index contributed by atoms with van der Waals surface area (Å²) in [5.74, 6) is 1.68. The molecule has 0 radical (unpaired) electrons. The maximum absolute atomic E-state index is 13.4. The minimum atomic E-state index is 0.00713. The number of carbonyl (C=O) groups excluding carboxylic acids is 1. The largest absolute Gasteiger partial charge is 0.490 e. The number of benzene rings is 2. The molecule has 2 aromatic rings. The minimum Gasteiger partial charge on any atom is -0.490 e. The third-order valence-corrected chi connectivity index (χ3v) is 5.69. The van der Waals surface area contributed by atoms with Gasteiger partial charge in [0.15, 0.2) is 11.5 Å². The van der Waals surface area contributed by atoms with E-state index in [4.69, 9.17) is 14.2 Å². The summed E-state index contributed by atoms with van der Waals surface area (Å²) in [5, 5.41) is 0. The molecule has 0 aromatic heterocycles. The lowest BCUT2D eigenvalue weighted by atomic mass is 10.1. The van der Waals surface area contributed by atoms with Gasteiger partial charge in [0.1, 0.15) is 0 Å². The quantitative estimate of drug-likeness (QED) is 0.573. The Balaban J connectivity index is 1.75. The van der Waals surface area contributed by atoms with Crippen molar-refractivity contribution in [3.8, 4) is 17.2 Å². The van der Waals surface area contributed by atoms with Crippen molar-refractivity contribution in [3.05, 3.63) is 53.1 Å². The Morgan fingerprint density at radius 3 is 2.16 bits per heavy atom. The Morgan fingerprint density at radius 2 is 1.53 bits per heavy atom. The highest BCUT2D eigenvalue weighted by Gasteiger charge is 2.24. The Hall–Kier alpha value is -2.73. The molecule has 32 heavy (non-hydrogen) atoms. The topological polar surface area (TPSA) is 51.2 Å². The fourth-order valence-corrected chi connectivity index (χ4v) is 4.06. The van der Waals surface area contributed by atoms with Crippen LogP contribution >= 0.6 is 0 Å². The Morgan fingerprint density at radius 1 is 0.875 bits per heavy atom. The van der Waals surface area contributed by atoms with Crippen LogP contribution in [0, 0.1) is 6.92 Å². The third kappa shape index (κ3) is 5.94. The molecule has 6 heteroatoms. The van der Waals surface area contributed by atoms with Gasteiger partial charge in [0.2, 0.25) is 5.75 Å². The summed E-state index contributed by atoms with van der Waals surface area (Å²) < 4.78 is 17.4. The molecule has 1 heterocycles. The van der Waals surface area contributed by atoms with Crippen LogP contribution in [0.2, 0.25) is 0 Å². The van der Waals surface area contributed by atoms with E-state index < -0.39 is 0 Å². The van der Waals surface area contributed by atoms with Gasteiger partial charge in [0, 0.05) is 38.3 Å². The molecular weight excluding hydrogens is 404 g/mol. The molecule has 1 amide bonds. The monoisotopic (exact) mass is 440 g/mol. The van der Waals surface area contributed by atoms with E-state index >= 15 is 0 Å². The zero-order chi connectivity index (χ0) is 22.9. The molecule has 1 aliphatic heterocycles. The number of amides is 1. The molecule has 1 saturated heterocycles. The van der Waals surface area contributed by atoms with Crippen molar-refractivity contribution in [3.63, 3.8) is 0 Å². The van der Waals surface area contributed by atoms with E-state index in [9.17, 15) is 4.79 Å². The van der Waals surface area contributed by atoms with E-state index in [1.807, 2.05) is 25.7 Å². The van der Waals surface area contributed by atoms with Crippen molar-refractivity contribution in [1.29, 1.82) is 0 Å². The van der Waals surface area contributed by atoms with Gasteiger partial charge in [-0.3, -0.25) is 9.69 Å². The van der Waals surface area contributed by atoms with Crippen molar-refractivity contribution >= 4 is 5.91 Å². The second-order valence-electron chi connectivity index (χ2n) is 7.95. The van der Waals surface area contributed by atoms with Gasteiger partial charge in [-0.2, -0.15) is 0 Å². The first-order valence-corrected chi connectivity index (χ1v) is 11.7. The average molecular weight is 441 g/mol. The molecule has 174 valence electrons. The van der Waals surface area contributed by atoms with E-state index in [0.29, 0.717) is 49.2 Å². The second kappa shape index (κ2) is 11.8. The molecule has 0 saturated carbocycles. The average Bonchev–Trinajstić information content (AvgIpc) is 3.03. The van der Waals surface area contributed by atoms with Gasteiger partial charge in [0.05, 0.1) is 19.8 Å². The van der Waals surface area contributed by atoms with Crippen molar-refractivity contribution < 1.29 is 19.0 Å². The fraction of sp³-hybridized carbons (Fsp3) is 0.500. The SMILES string of the molecule is CCOc1cc(C(=O)N2CCCN(Cc3ccccc3C)CC2)cc(OCC)c1OCC. The maximum Gasteiger partial charge on any atom is 0.254 e. The summed E-state index contributed by atoms with van der Waals surface area (Å²) in [7, 11) is 0. The molecule has 0 atom stereocenters. The fourth-order valence-electron chi connectivity index (χ4n) is 4.06. The van der Waals surface area contributed by atoms with Crippen molar-refractivity contribution in [1.82, 2.24) is 9.80 Å². The molecule has 6 nitrogen and oxygen atoms in total.